The van der Waals surface area contributed by atoms with Crippen molar-refractivity contribution < 1.29 is 13.9 Å². The molecule has 0 spiro atoms. The van der Waals surface area contributed by atoms with Gasteiger partial charge in [-0.1, -0.05) is 5.21 Å². The molecule has 1 unspecified atom stereocenters. The molecule has 112 valence electrons. The number of carbonyl (C=O) groups excluding carboxylic acids is 1. The number of hydrogen-bond donors (Lipinski definition) is 0. The smallest absolute Gasteiger partial charge is 0.257 e. The minimum atomic E-state index is 0.000838. The Bertz CT molecular complexity index is 593. The number of amides is 1. The molecule has 3 heterocycles. The molecule has 1 aliphatic heterocycles. The quantitative estimate of drug-likeness (QED) is 0.834. The maximum atomic E-state index is 12.2. The summed E-state index contributed by atoms with van der Waals surface area (Å²) in [6, 6.07) is 1.86. The molecule has 21 heavy (non-hydrogen) atoms. The predicted molar refractivity (Wildman–Crippen MR) is 73.6 cm³/mol. The van der Waals surface area contributed by atoms with E-state index in [4.69, 9.17) is 9.15 Å². The van der Waals surface area contributed by atoms with Gasteiger partial charge in [0.25, 0.3) is 5.91 Å². The highest BCUT2D eigenvalue weighted by Crippen LogP contribution is 2.22. The van der Waals surface area contributed by atoms with Crippen LogP contribution in [0.25, 0.3) is 0 Å². The van der Waals surface area contributed by atoms with Gasteiger partial charge in [-0.15, -0.1) is 5.10 Å². The summed E-state index contributed by atoms with van der Waals surface area (Å²) in [4.78, 5) is 14.1. The van der Waals surface area contributed by atoms with Crippen molar-refractivity contribution in [3.63, 3.8) is 0 Å². The van der Waals surface area contributed by atoms with E-state index in [0.717, 1.165) is 18.7 Å². The Kier molecular flexibility index (Phi) is 4.01. The monoisotopic (exact) mass is 290 g/mol. The Morgan fingerprint density at radius 3 is 3.24 bits per heavy atom. The largest absolute Gasteiger partial charge is 0.472 e. The zero-order valence-electron chi connectivity index (χ0n) is 11.9. The first-order valence-corrected chi connectivity index (χ1v) is 7.08. The third kappa shape index (κ3) is 2.97. The molecule has 0 saturated carbocycles. The SMILES string of the molecule is CCOCc1cn(C2CCN(C(=O)c3ccoc3)C2)nn1. The summed E-state index contributed by atoms with van der Waals surface area (Å²) in [5.74, 6) is 0.000838. The summed E-state index contributed by atoms with van der Waals surface area (Å²) in [5, 5.41) is 8.23. The van der Waals surface area contributed by atoms with Gasteiger partial charge in [0.2, 0.25) is 0 Å². The van der Waals surface area contributed by atoms with E-state index in [9.17, 15) is 4.79 Å². The van der Waals surface area contributed by atoms with Crippen LogP contribution < -0.4 is 0 Å². The topological polar surface area (TPSA) is 73.4 Å². The Morgan fingerprint density at radius 1 is 1.57 bits per heavy atom. The van der Waals surface area contributed by atoms with Crippen LogP contribution in [0, 0.1) is 0 Å². The molecular weight excluding hydrogens is 272 g/mol. The Hall–Kier alpha value is -2.15. The third-order valence-electron chi connectivity index (χ3n) is 3.60. The standard InChI is InChI=1S/C14H18N4O3/c1-2-20-10-12-7-18(16-15-12)13-3-5-17(8-13)14(19)11-4-6-21-9-11/h4,6-7,9,13H,2-3,5,8,10H2,1H3. The maximum absolute atomic E-state index is 12.2. The van der Waals surface area contributed by atoms with Gasteiger partial charge in [-0.25, -0.2) is 4.68 Å². The van der Waals surface area contributed by atoms with Gasteiger partial charge in [0.05, 0.1) is 30.7 Å². The van der Waals surface area contributed by atoms with Crippen LogP contribution >= 0.6 is 0 Å². The lowest BCUT2D eigenvalue weighted by Gasteiger charge is -2.15. The number of likely N-dealkylation sites (tertiary alicyclic amines) is 1. The highest BCUT2D eigenvalue weighted by Gasteiger charge is 2.29. The van der Waals surface area contributed by atoms with Gasteiger partial charge in [0, 0.05) is 19.7 Å². The molecule has 0 bridgehead atoms. The first kappa shape index (κ1) is 13.8. The Labute approximate surface area is 122 Å². The van der Waals surface area contributed by atoms with Gasteiger partial charge >= 0.3 is 0 Å². The molecule has 7 heteroatoms. The summed E-state index contributed by atoms with van der Waals surface area (Å²) < 4.78 is 12.1. The number of carbonyl (C=O) groups is 1. The summed E-state index contributed by atoms with van der Waals surface area (Å²) in [6.45, 7) is 4.43. The van der Waals surface area contributed by atoms with Gasteiger partial charge in [-0.3, -0.25) is 4.79 Å². The summed E-state index contributed by atoms with van der Waals surface area (Å²) in [5.41, 5.74) is 1.41. The van der Waals surface area contributed by atoms with Crippen LogP contribution in [-0.2, 0) is 11.3 Å². The zero-order chi connectivity index (χ0) is 14.7. The van der Waals surface area contributed by atoms with Crippen molar-refractivity contribution in [2.75, 3.05) is 19.7 Å². The first-order chi connectivity index (χ1) is 10.3. The third-order valence-corrected chi connectivity index (χ3v) is 3.60. The van der Waals surface area contributed by atoms with E-state index in [2.05, 4.69) is 10.3 Å². The van der Waals surface area contributed by atoms with E-state index < -0.39 is 0 Å². The van der Waals surface area contributed by atoms with Crippen molar-refractivity contribution in [2.24, 2.45) is 0 Å². The highest BCUT2D eigenvalue weighted by atomic mass is 16.5. The molecule has 0 radical (unpaired) electrons. The second kappa shape index (κ2) is 6.09. The molecule has 3 rings (SSSR count). The maximum Gasteiger partial charge on any atom is 0.257 e. The first-order valence-electron chi connectivity index (χ1n) is 7.08. The second-order valence-electron chi connectivity index (χ2n) is 5.03. The van der Waals surface area contributed by atoms with Crippen molar-refractivity contribution in [2.45, 2.75) is 26.0 Å². The molecular formula is C14H18N4O3. The average Bonchev–Trinajstić information content (AvgIpc) is 3.24. The minimum absolute atomic E-state index is 0.000838. The molecule has 2 aromatic heterocycles. The number of rotatable bonds is 5. The lowest BCUT2D eigenvalue weighted by atomic mass is 10.3. The van der Waals surface area contributed by atoms with Crippen LogP contribution in [0.5, 0.6) is 0 Å². The summed E-state index contributed by atoms with van der Waals surface area (Å²) in [6.07, 6.45) is 5.76. The molecule has 1 atom stereocenters. The minimum Gasteiger partial charge on any atom is -0.472 e. The Morgan fingerprint density at radius 2 is 2.48 bits per heavy atom. The fourth-order valence-electron chi connectivity index (χ4n) is 2.48. The molecule has 2 aromatic rings. The number of nitrogens with zero attached hydrogens (tertiary/aromatic N) is 4. The fraction of sp³-hybridized carbons (Fsp3) is 0.500. The Balaban J connectivity index is 1.61. The van der Waals surface area contributed by atoms with E-state index in [1.54, 1.807) is 6.07 Å². The summed E-state index contributed by atoms with van der Waals surface area (Å²) >= 11 is 0. The van der Waals surface area contributed by atoms with Gasteiger partial charge in [0.1, 0.15) is 12.0 Å². The van der Waals surface area contributed by atoms with Gasteiger partial charge in [-0.05, 0) is 19.4 Å². The second-order valence-corrected chi connectivity index (χ2v) is 5.03. The van der Waals surface area contributed by atoms with Crippen LogP contribution in [-0.4, -0.2) is 45.5 Å². The van der Waals surface area contributed by atoms with Gasteiger partial charge in [-0.2, -0.15) is 0 Å². The van der Waals surface area contributed by atoms with Gasteiger partial charge in [0.15, 0.2) is 0 Å². The van der Waals surface area contributed by atoms with Crippen LogP contribution in [0.4, 0.5) is 0 Å². The van der Waals surface area contributed by atoms with E-state index in [1.165, 1.54) is 12.5 Å². The number of ether oxygens (including phenoxy) is 1. The van der Waals surface area contributed by atoms with E-state index in [1.807, 2.05) is 22.7 Å². The van der Waals surface area contributed by atoms with Crippen LogP contribution in [0.2, 0.25) is 0 Å². The van der Waals surface area contributed by atoms with Gasteiger partial charge < -0.3 is 14.1 Å². The molecule has 1 aliphatic rings. The van der Waals surface area contributed by atoms with Crippen molar-refractivity contribution in [1.82, 2.24) is 19.9 Å². The lowest BCUT2D eigenvalue weighted by molar-refractivity contribution is 0.0786. The molecule has 1 fully saturated rings. The molecule has 1 saturated heterocycles. The fourth-order valence-corrected chi connectivity index (χ4v) is 2.48. The molecule has 0 N–H and O–H groups in total. The predicted octanol–water partition coefficient (Wildman–Crippen LogP) is 1.49. The molecule has 1 amide bonds. The van der Waals surface area contributed by atoms with Crippen LogP contribution in [0.3, 0.4) is 0 Å². The summed E-state index contributed by atoms with van der Waals surface area (Å²) in [7, 11) is 0. The van der Waals surface area contributed by atoms with Crippen molar-refractivity contribution >= 4 is 5.91 Å². The zero-order valence-corrected chi connectivity index (χ0v) is 11.9. The number of aromatic nitrogens is 3. The van der Waals surface area contributed by atoms with Crippen LogP contribution in [0.1, 0.15) is 35.4 Å². The molecule has 0 aliphatic carbocycles. The van der Waals surface area contributed by atoms with Crippen molar-refractivity contribution in [1.29, 1.82) is 0 Å². The van der Waals surface area contributed by atoms with E-state index in [0.29, 0.717) is 25.3 Å². The number of furan rings is 1. The number of hydrogen-bond acceptors (Lipinski definition) is 5. The van der Waals surface area contributed by atoms with Crippen LogP contribution in [0.15, 0.2) is 29.2 Å². The van der Waals surface area contributed by atoms with Crippen molar-refractivity contribution in [3.05, 3.63) is 36.0 Å². The highest BCUT2D eigenvalue weighted by molar-refractivity contribution is 5.94. The lowest BCUT2D eigenvalue weighted by Crippen LogP contribution is -2.28. The van der Waals surface area contributed by atoms with E-state index >= 15 is 0 Å². The molecule has 7 nitrogen and oxygen atoms in total. The van der Waals surface area contributed by atoms with Crippen molar-refractivity contribution in [3.8, 4) is 0 Å². The average molecular weight is 290 g/mol. The van der Waals surface area contributed by atoms with E-state index in [-0.39, 0.29) is 11.9 Å². The molecule has 0 aromatic carbocycles. The normalized spacial score (nSPS) is 18.3.